The summed E-state index contributed by atoms with van der Waals surface area (Å²) >= 11 is 0. The fourth-order valence-electron chi connectivity index (χ4n) is 0. The molecule has 0 heterocycles. The largest absolute Gasteiger partial charge is 0.412 e. The van der Waals surface area contributed by atoms with Crippen LogP contribution in [0.5, 0.6) is 0 Å². The van der Waals surface area contributed by atoms with E-state index in [2.05, 4.69) is 0 Å². The molecule has 0 amide bonds. The third-order valence-corrected chi connectivity index (χ3v) is 0. The van der Waals surface area contributed by atoms with Gasteiger partial charge in [-0.2, -0.15) is 0 Å². The van der Waals surface area contributed by atoms with Crippen molar-refractivity contribution >= 4 is 48.3 Å². The van der Waals surface area contributed by atoms with Crippen LogP contribution in [0.3, 0.4) is 0 Å². The first-order chi connectivity index (χ1) is 0. The third-order valence-electron chi connectivity index (χ3n) is 0. The smallest absolute Gasteiger partial charge is 0 e. The summed E-state index contributed by atoms with van der Waals surface area (Å²) in [5.41, 5.74) is 0. The van der Waals surface area contributed by atoms with E-state index in [1.807, 2.05) is 0 Å². The maximum Gasteiger partial charge on any atom is 0 e. The summed E-state index contributed by atoms with van der Waals surface area (Å²) in [5, 5.41) is 0. The Kier molecular flexibility index (Phi) is 2210. The average Bonchev–Trinajstić information content (AvgIpc) is 0. The molecule has 0 saturated carbocycles. The van der Waals surface area contributed by atoms with Gasteiger partial charge in [-0.1, -0.05) is 0 Å². The van der Waals surface area contributed by atoms with Crippen LogP contribution >= 0.6 is 0 Å². The molecule has 0 aromatic rings. The molecule has 8 N–H and O–H groups in total. The van der Waals surface area contributed by atoms with E-state index in [1.54, 1.807) is 0 Å². The number of hydrogen-bond acceptors (Lipinski definition) is 0. The van der Waals surface area contributed by atoms with Crippen LogP contribution in [0.2, 0.25) is 0 Å². The van der Waals surface area contributed by atoms with E-state index >= 15 is 0 Å². The van der Waals surface area contributed by atoms with Crippen LogP contribution in [0, 0.1) is 0 Å². The van der Waals surface area contributed by atoms with Crippen LogP contribution in [-0.2, 0) is 0 Å². The van der Waals surface area contributed by atoms with Crippen molar-refractivity contribution in [3.05, 3.63) is 0 Å². The van der Waals surface area contributed by atoms with Crippen LogP contribution in [0.25, 0.3) is 0 Å². The monoisotopic (exact) mass is 313 g/mol. The van der Waals surface area contributed by atoms with Crippen molar-refractivity contribution in [2.45, 2.75) is 0 Å². The first kappa shape index (κ1) is 146. The minimum absolute atomic E-state index is 0. The van der Waals surface area contributed by atoms with Gasteiger partial charge in [0, 0.05) is 48.3 Å². The molecule has 0 bridgehead atoms. The van der Waals surface area contributed by atoms with Gasteiger partial charge in [0.15, 0.2) is 0 Å². The molecule has 0 fully saturated rings. The molecule has 6 heavy (non-hydrogen) atoms. The Morgan fingerprint density at radius 2 is 0.500 bits per heavy atom. The topological polar surface area (TPSA) is 126 Å². The van der Waals surface area contributed by atoms with Gasteiger partial charge in [0.25, 0.3) is 0 Å². The molecular weight excluding hydrogens is 304 g/mol. The van der Waals surface area contributed by atoms with Gasteiger partial charge in [0.1, 0.15) is 0 Å². The van der Waals surface area contributed by atoms with Crippen LogP contribution in [0.15, 0.2) is 0 Å². The molecule has 0 unspecified atom stereocenters. The maximum atomic E-state index is 0. The zero-order valence-corrected chi connectivity index (χ0v) is 8.35. The maximum absolute atomic E-state index is 0. The van der Waals surface area contributed by atoms with E-state index in [-0.39, 0.29) is 70.2 Å². The van der Waals surface area contributed by atoms with Crippen molar-refractivity contribution < 1.29 is 21.9 Å². The summed E-state index contributed by atoms with van der Waals surface area (Å²) in [5.74, 6) is 0. The van der Waals surface area contributed by atoms with E-state index in [4.69, 9.17) is 0 Å². The zero-order chi connectivity index (χ0) is 0. The molecule has 7 radical (unpaired) electrons. The zero-order valence-electron chi connectivity index (χ0n) is 2.95. The van der Waals surface area contributed by atoms with Crippen LogP contribution in [-0.4, -0.2) is 70.2 Å². The fraction of sp³-hybridized carbons (Fsp3) is 0. The molecule has 41 valence electrons. The average molecular weight is 313 g/mol. The van der Waals surface area contributed by atoms with Crippen LogP contribution in [0.1, 0.15) is 0 Å². The normalized spacial score (nSPS) is 0. The molecule has 0 aromatic heterocycles. The van der Waals surface area contributed by atoms with Crippen molar-refractivity contribution in [3.63, 3.8) is 0 Å². The Morgan fingerprint density at radius 1 is 0.500 bits per heavy atom. The molecule has 0 aliphatic rings. The second-order valence-electron chi connectivity index (χ2n) is 0. The minimum Gasteiger partial charge on any atom is -0.412 e. The molecule has 0 spiro atoms. The van der Waals surface area contributed by atoms with E-state index < -0.39 is 0 Å². The van der Waals surface area contributed by atoms with Gasteiger partial charge in [-0.05, 0) is 0 Å². The Morgan fingerprint density at radius 3 is 0.500 bits per heavy atom. The van der Waals surface area contributed by atoms with Crippen molar-refractivity contribution in [2.24, 2.45) is 0 Å². The molecule has 0 saturated heterocycles. The number of hydrogen-bond donors (Lipinski definition) is 0. The van der Waals surface area contributed by atoms with Crippen LogP contribution < -0.4 is 0 Å². The predicted octanol–water partition coefficient (Wildman–Crippen LogP) is -4.06. The van der Waals surface area contributed by atoms with E-state index in [9.17, 15) is 0 Å². The third kappa shape index (κ3) is 51.1. The quantitative estimate of drug-likeness (QED) is 0.404. The molecule has 0 aliphatic carbocycles. The minimum atomic E-state index is 0. The van der Waals surface area contributed by atoms with E-state index in [0.29, 0.717) is 0 Å². The van der Waals surface area contributed by atoms with Gasteiger partial charge >= 0.3 is 0 Å². The van der Waals surface area contributed by atoms with Crippen LogP contribution in [0.4, 0.5) is 0 Å². The summed E-state index contributed by atoms with van der Waals surface area (Å²) in [7, 11) is 0. The summed E-state index contributed by atoms with van der Waals surface area (Å²) < 4.78 is 0. The Bertz CT molecular complexity index is 7.51. The molecule has 0 atom stereocenters. The molecular formula is H8O4SbSn. The molecule has 0 aliphatic heterocycles. The second kappa shape index (κ2) is 90.6. The van der Waals surface area contributed by atoms with Crippen molar-refractivity contribution in [3.8, 4) is 0 Å². The Hall–Kier alpha value is 1.46. The molecule has 0 rings (SSSR count). The summed E-state index contributed by atoms with van der Waals surface area (Å²) in [6.07, 6.45) is 0. The fourth-order valence-corrected chi connectivity index (χ4v) is 0. The predicted molar refractivity (Wildman–Crippen MR) is 26.0 cm³/mol. The Balaban J connectivity index is 0. The summed E-state index contributed by atoms with van der Waals surface area (Å²) in [6, 6.07) is 0. The van der Waals surface area contributed by atoms with E-state index in [1.165, 1.54) is 0 Å². The van der Waals surface area contributed by atoms with Crippen molar-refractivity contribution in [1.82, 2.24) is 0 Å². The van der Waals surface area contributed by atoms with Crippen molar-refractivity contribution in [1.29, 1.82) is 0 Å². The molecule has 4 nitrogen and oxygen atoms in total. The second-order valence-corrected chi connectivity index (χ2v) is 0. The summed E-state index contributed by atoms with van der Waals surface area (Å²) in [4.78, 5) is 0. The van der Waals surface area contributed by atoms with Gasteiger partial charge in [0.2, 0.25) is 0 Å². The van der Waals surface area contributed by atoms with Gasteiger partial charge in [-0.25, -0.2) is 0 Å². The van der Waals surface area contributed by atoms with Gasteiger partial charge in [0.05, 0.1) is 0 Å². The SMILES string of the molecule is O.O.O.O.[Sb].[Sn]. The molecule has 0 aromatic carbocycles. The van der Waals surface area contributed by atoms with E-state index in [0.717, 1.165) is 0 Å². The van der Waals surface area contributed by atoms with Gasteiger partial charge < -0.3 is 21.9 Å². The van der Waals surface area contributed by atoms with Gasteiger partial charge in [-0.15, -0.1) is 0 Å². The Labute approximate surface area is 69.9 Å². The number of rotatable bonds is 0. The van der Waals surface area contributed by atoms with Gasteiger partial charge in [-0.3, -0.25) is 0 Å². The summed E-state index contributed by atoms with van der Waals surface area (Å²) in [6.45, 7) is 0. The first-order valence-corrected chi connectivity index (χ1v) is 0. The van der Waals surface area contributed by atoms with Crippen molar-refractivity contribution in [2.75, 3.05) is 0 Å². The standard InChI is InChI=1S/4H2O.Sb.Sn/h4*1H2;;. The first-order valence-electron chi connectivity index (χ1n) is 0. The molecule has 6 heteroatoms.